The summed E-state index contributed by atoms with van der Waals surface area (Å²) in [6, 6.07) is 10.8. The van der Waals surface area contributed by atoms with Crippen molar-refractivity contribution in [2.75, 3.05) is 5.32 Å². The Hall–Kier alpha value is -2.86. The Kier molecular flexibility index (Phi) is 7.58. The van der Waals surface area contributed by atoms with Crippen LogP contribution in [0.3, 0.4) is 0 Å². The van der Waals surface area contributed by atoms with Crippen LogP contribution < -0.4 is 15.5 Å². The largest absolute Gasteiger partial charge is 0.490 e. The molecule has 148 valence electrons. The molecule has 6 nitrogen and oxygen atoms in total. The van der Waals surface area contributed by atoms with E-state index in [9.17, 15) is 9.59 Å². The van der Waals surface area contributed by atoms with Crippen molar-refractivity contribution in [3.63, 3.8) is 0 Å². The van der Waals surface area contributed by atoms with Gasteiger partial charge in [0.15, 0.2) is 0 Å². The van der Waals surface area contributed by atoms with Gasteiger partial charge in [0, 0.05) is 16.3 Å². The fraction of sp³-hybridized carbons (Fsp3) is 0.286. The number of carbonyl (C=O) groups is 2. The second kappa shape index (κ2) is 9.90. The maximum Gasteiger partial charge on any atom is 0.249 e. The molecule has 0 fully saturated rings. The molecule has 2 N–H and O–H groups in total. The minimum absolute atomic E-state index is 0.0168. The van der Waals surface area contributed by atoms with E-state index < -0.39 is 11.8 Å². The lowest BCUT2D eigenvalue weighted by Crippen LogP contribution is -2.25. The summed E-state index contributed by atoms with van der Waals surface area (Å²) in [5.74, 6) is -0.330. The van der Waals surface area contributed by atoms with Crippen LogP contribution in [0.4, 0.5) is 5.69 Å². The number of anilines is 1. The number of ether oxygens (including phenoxy) is 1. The third-order valence-electron chi connectivity index (χ3n) is 3.70. The number of nitrogens with one attached hydrogen (secondary N) is 2. The molecule has 0 saturated carbocycles. The lowest BCUT2D eigenvalue weighted by molar-refractivity contribution is -0.126. The normalized spacial score (nSPS) is 10.9. The fourth-order valence-corrected chi connectivity index (χ4v) is 2.67. The van der Waals surface area contributed by atoms with E-state index in [0.717, 1.165) is 11.1 Å². The van der Waals surface area contributed by atoms with E-state index >= 15 is 0 Å². The highest BCUT2D eigenvalue weighted by molar-refractivity contribution is 6.30. The molecule has 7 heteroatoms. The number of benzene rings is 2. The first-order valence-corrected chi connectivity index (χ1v) is 9.27. The van der Waals surface area contributed by atoms with Crippen LogP contribution in [0.2, 0.25) is 5.02 Å². The van der Waals surface area contributed by atoms with Crippen molar-refractivity contribution in [3.05, 3.63) is 58.1 Å². The predicted molar refractivity (Wildman–Crippen MR) is 112 cm³/mol. The smallest absolute Gasteiger partial charge is 0.249 e. The number of hydrogen-bond donors (Lipinski definition) is 2. The minimum Gasteiger partial charge on any atom is -0.490 e. The van der Waals surface area contributed by atoms with Gasteiger partial charge in [-0.1, -0.05) is 29.3 Å². The average Bonchev–Trinajstić information content (AvgIpc) is 2.59. The number of aryl methyl sites for hydroxylation is 2. The molecule has 0 aromatic heterocycles. The number of hydrazone groups is 1. The summed E-state index contributed by atoms with van der Waals surface area (Å²) in [7, 11) is 0. The third-order valence-corrected chi connectivity index (χ3v) is 3.94. The molecule has 0 aliphatic heterocycles. The Balaban J connectivity index is 1.93. The first-order valence-electron chi connectivity index (χ1n) is 8.90. The zero-order valence-electron chi connectivity index (χ0n) is 16.4. The first kappa shape index (κ1) is 21.4. The number of hydrogen-bond acceptors (Lipinski definition) is 4. The van der Waals surface area contributed by atoms with Gasteiger partial charge in [0.05, 0.1) is 12.3 Å². The van der Waals surface area contributed by atoms with Gasteiger partial charge in [0.25, 0.3) is 0 Å². The molecule has 0 unspecified atom stereocenters. The lowest BCUT2D eigenvalue weighted by Gasteiger charge is -2.12. The molecule has 2 amide bonds. The van der Waals surface area contributed by atoms with Crippen LogP contribution in [0.15, 0.2) is 41.5 Å². The van der Waals surface area contributed by atoms with Crippen LogP contribution in [0.1, 0.15) is 37.0 Å². The highest BCUT2D eigenvalue weighted by Gasteiger charge is 2.11. The molecular formula is C21H24ClN3O3. The lowest BCUT2D eigenvalue weighted by atomic mass is 10.1. The summed E-state index contributed by atoms with van der Waals surface area (Å²) in [5.41, 5.74) is 5.69. The summed E-state index contributed by atoms with van der Waals surface area (Å²) >= 11 is 6.01. The van der Waals surface area contributed by atoms with E-state index in [1.165, 1.54) is 6.21 Å². The summed E-state index contributed by atoms with van der Waals surface area (Å²) in [6.07, 6.45) is 1.08. The van der Waals surface area contributed by atoms with Gasteiger partial charge in [-0.2, -0.15) is 5.10 Å². The third kappa shape index (κ3) is 6.70. The molecule has 0 aliphatic rings. The Morgan fingerprint density at radius 1 is 1.14 bits per heavy atom. The SMILES string of the molecule is Cc1ccc(NC(=O)CC(=O)NN=Cc2cc(Cl)ccc2OC(C)C)c(C)c1. The molecule has 2 aromatic carbocycles. The van der Waals surface area contributed by atoms with E-state index in [0.29, 0.717) is 22.0 Å². The molecule has 0 spiro atoms. The molecule has 2 rings (SSSR count). The molecule has 28 heavy (non-hydrogen) atoms. The van der Waals surface area contributed by atoms with Crippen LogP contribution in [-0.2, 0) is 9.59 Å². The highest BCUT2D eigenvalue weighted by Crippen LogP contribution is 2.22. The van der Waals surface area contributed by atoms with Gasteiger partial charge in [0.1, 0.15) is 12.2 Å². The Morgan fingerprint density at radius 3 is 2.57 bits per heavy atom. The Bertz CT molecular complexity index is 894. The van der Waals surface area contributed by atoms with Crippen LogP contribution in [0.5, 0.6) is 5.75 Å². The van der Waals surface area contributed by atoms with Gasteiger partial charge in [0.2, 0.25) is 11.8 Å². The first-order chi connectivity index (χ1) is 13.2. The Morgan fingerprint density at radius 2 is 1.89 bits per heavy atom. The van der Waals surface area contributed by atoms with Crippen molar-refractivity contribution in [1.29, 1.82) is 0 Å². The van der Waals surface area contributed by atoms with Crippen LogP contribution in [-0.4, -0.2) is 24.1 Å². The Labute approximate surface area is 169 Å². The molecule has 0 bridgehead atoms. The van der Waals surface area contributed by atoms with E-state index in [4.69, 9.17) is 16.3 Å². The van der Waals surface area contributed by atoms with Crippen molar-refractivity contribution >= 4 is 35.3 Å². The minimum atomic E-state index is -0.521. The summed E-state index contributed by atoms with van der Waals surface area (Å²) in [6.45, 7) is 7.69. The molecule has 0 radical (unpaired) electrons. The van der Waals surface area contributed by atoms with E-state index in [1.807, 2.05) is 45.9 Å². The maximum atomic E-state index is 12.1. The standard InChI is InChI=1S/C21H24ClN3O3/c1-13(2)28-19-8-6-17(22)10-16(19)12-23-25-21(27)11-20(26)24-18-7-5-14(3)9-15(18)4/h5-10,12-13H,11H2,1-4H3,(H,24,26)(H,25,27). The predicted octanol–water partition coefficient (Wildman–Crippen LogP) is 4.22. The van der Waals surface area contributed by atoms with Crippen molar-refractivity contribution in [2.45, 2.75) is 40.2 Å². The van der Waals surface area contributed by atoms with E-state index in [2.05, 4.69) is 15.8 Å². The number of rotatable bonds is 7. The van der Waals surface area contributed by atoms with Gasteiger partial charge in [-0.25, -0.2) is 5.43 Å². The molecule has 0 heterocycles. The van der Waals surface area contributed by atoms with Crippen molar-refractivity contribution in [3.8, 4) is 5.75 Å². The van der Waals surface area contributed by atoms with Crippen LogP contribution >= 0.6 is 11.6 Å². The van der Waals surface area contributed by atoms with Gasteiger partial charge in [-0.3, -0.25) is 9.59 Å². The summed E-state index contributed by atoms with van der Waals surface area (Å²) in [5, 5.41) is 7.15. The number of nitrogens with zero attached hydrogens (tertiary/aromatic N) is 1. The molecular weight excluding hydrogens is 378 g/mol. The second-order valence-corrected chi connectivity index (χ2v) is 7.12. The number of amides is 2. The zero-order chi connectivity index (χ0) is 20.7. The average molecular weight is 402 g/mol. The van der Waals surface area contributed by atoms with Crippen molar-refractivity contribution in [1.82, 2.24) is 5.43 Å². The van der Waals surface area contributed by atoms with Crippen molar-refractivity contribution in [2.24, 2.45) is 5.10 Å². The molecule has 0 atom stereocenters. The number of halogens is 1. The van der Waals surface area contributed by atoms with E-state index in [-0.39, 0.29) is 12.5 Å². The zero-order valence-corrected chi connectivity index (χ0v) is 17.1. The molecule has 0 saturated heterocycles. The quantitative estimate of drug-likeness (QED) is 0.414. The summed E-state index contributed by atoms with van der Waals surface area (Å²) in [4.78, 5) is 24.0. The monoisotopic (exact) mass is 401 g/mol. The number of carbonyl (C=O) groups excluding carboxylic acids is 2. The van der Waals surface area contributed by atoms with Gasteiger partial charge >= 0.3 is 0 Å². The summed E-state index contributed by atoms with van der Waals surface area (Å²) < 4.78 is 5.68. The van der Waals surface area contributed by atoms with Gasteiger partial charge in [-0.15, -0.1) is 0 Å². The highest BCUT2D eigenvalue weighted by atomic mass is 35.5. The van der Waals surface area contributed by atoms with Crippen LogP contribution in [0.25, 0.3) is 0 Å². The topological polar surface area (TPSA) is 79.8 Å². The molecule has 2 aromatic rings. The van der Waals surface area contributed by atoms with Gasteiger partial charge < -0.3 is 10.1 Å². The fourth-order valence-electron chi connectivity index (χ4n) is 2.49. The maximum absolute atomic E-state index is 12.1. The molecule has 0 aliphatic carbocycles. The second-order valence-electron chi connectivity index (χ2n) is 6.69. The van der Waals surface area contributed by atoms with Crippen molar-refractivity contribution < 1.29 is 14.3 Å². The van der Waals surface area contributed by atoms with Gasteiger partial charge in [-0.05, 0) is 57.5 Å². The van der Waals surface area contributed by atoms with E-state index in [1.54, 1.807) is 18.2 Å². The van der Waals surface area contributed by atoms with Crippen LogP contribution in [0, 0.1) is 13.8 Å².